The minimum Gasteiger partial charge on any atom is -0.391 e. The van der Waals surface area contributed by atoms with Gasteiger partial charge in [0.05, 0.1) is 16.4 Å². The van der Waals surface area contributed by atoms with Crippen LogP contribution >= 0.6 is 22.7 Å². The summed E-state index contributed by atoms with van der Waals surface area (Å²) in [5.41, 5.74) is 6.69. The van der Waals surface area contributed by atoms with E-state index < -0.39 is 18.1 Å². The van der Waals surface area contributed by atoms with Gasteiger partial charge in [-0.25, -0.2) is 9.97 Å². The van der Waals surface area contributed by atoms with Crippen molar-refractivity contribution in [3.63, 3.8) is 0 Å². The number of carbonyl (C=O) groups is 1. The third-order valence-corrected chi connectivity index (χ3v) is 6.60. The molecule has 1 aliphatic heterocycles. The van der Waals surface area contributed by atoms with Crippen molar-refractivity contribution in [2.24, 2.45) is 5.73 Å². The molecule has 6 nitrogen and oxygen atoms in total. The van der Waals surface area contributed by atoms with E-state index in [0.29, 0.717) is 24.6 Å². The number of fused-ring (bicyclic) bond motifs is 1. The number of aryl methyl sites for hydroxylation is 2. The van der Waals surface area contributed by atoms with E-state index in [1.165, 1.54) is 4.88 Å². The molecule has 1 aliphatic rings. The summed E-state index contributed by atoms with van der Waals surface area (Å²) >= 11 is 3.20. The fourth-order valence-electron chi connectivity index (χ4n) is 3.27. The molecule has 0 radical (unpaired) electrons. The lowest BCUT2D eigenvalue weighted by atomic mass is 10.1. The molecule has 130 valence electrons. The minimum atomic E-state index is -0.590. The number of aliphatic hydroxyl groups is 1. The van der Waals surface area contributed by atoms with Crippen LogP contribution in [0.4, 0.5) is 5.82 Å². The predicted molar refractivity (Wildman–Crippen MR) is 101 cm³/mol. The summed E-state index contributed by atoms with van der Waals surface area (Å²) in [7, 11) is 0. The number of amides is 1. The second kappa shape index (κ2) is 6.05. The van der Waals surface area contributed by atoms with E-state index in [4.69, 9.17) is 15.7 Å². The van der Waals surface area contributed by atoms with E-state index in [-0.39, 0.29) is 0 Å². The monoisotopic (exact) mass is 374 g/mol. The van der Waals surface area contributed by atoms with E-state index in [1.807, 2.05) is 29.3 Å². The summed E-state index contributed by atoms with van der Waals surface area (Å²) in [4.78, 5) is 26.3. The Bertz CT molecular complexity index is 951. The van der Waals surface area contributed by atoms with E-state index in [2.05, 4.69) is 6.92 Å². The number of anilines is 1. The zero-order valence-electron chi connectivity index (χ0n) is 13.9. The number of nitrogens with two attached hydrogens (primary N) is 1. The molecule has 3 N–H and O–H groups in total. The lowest BCUT2D eigenvalue weighted by Gasteiger charge is -2.24. The van der Waals surface area contributed by atoms with Gasteiger partial charge in [0.1, 0.15) is 16.7 Å². The first-order valence-electron chi connectivity index (χ1n) is 8.01. The third kappa shape index (κ3) is 2.70. The number of aromatic nitrogens is 2. The minimum absolute atomic E-state index is 0.331. The summed E-state index contributed by atoms with van der Waals surface area (Å²) in [6.07, 6.45) is -0.259. The van der Waals surface area contributed by atoms with Gasteiger partial charge in [-0.3, -0.25) is 4.79 Å². The maximum absolute atomic E-state index is 11.9. The van der Waals surface area contributed by atoms with Gasteiger partial charge in [0.2, 0.25) is 5.91 Å². The van der Waals surface area contributed by atoms with Crippen molar-refractivity contribution in [1.29, 1.82) is 0 Å². The van der Waals surface area contributed by atoms with Crippen molar-refractivity contribution >= 4 is 44.6 Å². The highest BCUT2D eigenvalue weighted by molar-refractivity contribution is 7.19. The SMILES string of the molecule is Cc1sc2nc(-c3cccs3)nc(N3C[C@@H](O)C[C@@H]3C(N)=O)c2c1C. The number of aliphatic hydroxyl groups excluding tert-OH is 1. The first-order valence-corrected chi connectivity index (χ1v) is 9.71. The number of nitrogens with zero attached hydrogens (tertiary/aromatic N) is 3. The highest BCUT2D eigenvalue weighted by Gasteiger charge is 2.37. The van der Waals surface area contributed by atoms with E-state index >= 15 is 0 Å². The van der Waals surface area contributed by atoms with Crippen molar-refractivity contribution in [2.45, 2.75) is 32.4 Å². The maximum atomic E-state index is 11.9. The van der Waals surface area contributed by atoms with Crippen LogP contribution in [-0.4, -0.2) is 39.7 Å². The molecule has 8 heteroatoms. The van der Waals surface area contributed by atoms with Crippen LogP contribution in [0.2, 0.25) is 0 Å². The van der Waals surface area contributed by atoms with Gasteiger partial charge in [-0.2, -0.15) is 0 Å². The highest BCUT2D eigenvalue weighted by Crippen LogP contribution is 2.39. The van der Waals surface area contributed by atoms with Gasteiger partial charge >= 0.3 is 0 Å². The summed E-state index contributed by atoms with van der Waals surface area (Å²) in [6.45, 7) is 4.44. The Morgan fingerprint density at radius 2 is 2.20 bits per heavy atom. The number of hydrogen-bond acceptors (Lipinski definition) is 7. The molecule has 3 aromatic heterocycles. The van der Waals surface area contributed by atoms with Gasteiger partial charge in [-0.05, 0) is 30.9 Å². The molecule has 1 fully saturated rings. The number of rotatable bonds is 3. The molecule has 1 saturated heterocycles. The molecule has 1 amide bonds. The lowest BCUT2D eigenvalue weighted by Crippen LogP contribution is -2.41. The van der Waals surface area contributed by atoms with E-state index in [1.54, 1.807) is 22.7 Å². The molecule has 0 aromatic carbocycles. The van der Waals surface area contributed by atoms with Crippen LogP contribution in [0.25, 0.3) is 20.9 Å². The van der Waals surface area contributed by atoms with Gasteiger partial charge in [0, 0.05) is 17.8 Å². The van der Waals surface area contributed by atoms with Crippen LogP contribution < -0.4 is 10.6 Å². The number of carbonyl (C=O) groups excluding carboxylic acids is 1. The van der Waals surface area contributed by atoms with Crippen LogP contribution in [0.15, 0.2) is 17.5 Å². The van der Waals surface area contributed by atoms with Gasteiger partial charge in [-0.1, -0.05) is 6.07 Å². The zero-order chi connectivity index (χ0) is 17.7. The fraction of sp³-hybridized carbons (Fsp3) is 0.353. The quantitative estimate of drug-likeness (QED) is 0.735. The molecule has 0 saturated carbocycles. The van der Waals surface area contributed by atoms with Crippen molar-refractivity contribution in [2.75, 3.05) is 11.4 Å². The molecular formula is C17H18N4O2S2. The maximum Gasteiger partial charge on any atom is 0.240 e. The second-order valence-electron chi connectivity index (χ2n) is 6.27. The largest absolute Gasteiger partial charge is 0.391 e. The Kier molecular flexibility index (Phi) is 3.98. The molecule has 0 spiro atoms. The summed E-state index contributed by atoms with van der Waals surface area (Å²) in [5, 5.41) is 13.0. The van der Waals surface area contributed by atoms with Gasteiger partial charge < -0.3 is 15.7 Å². The Morgan fingerprint density at radius 1 is 1.40 bits per heavy atom. The predicted octanol–water partition coefficient (Wildman–Crippen LogP) is 2.46. The smallest absolute Gasteiger partial charge is 0.240 e. The molecule has 4 heterocycles. The Hall–Kier alpha value is -2.03. The summed E-state index contributed by atoms with van der Waals surface area (Å²) in [5.74, 6) is 0.893. The molecule has 2 atom stereocenters. The van der Waals surface area contributed by atoms with Crippen molar-refractivity contribution < 1.29 is 9.90 Å². The van der Waals surface area contributed by atoms with E-state index in [9.17, 15) is 9.90 Å². The third-order valence-electron chi connectivity index (χ3n) is 4.63. The number of β-amino-alcohol motifs (C(OH)–C–C–N with tert-alkyl or cyclic N) is 1. The van der Waals surface area contributed by atoms with Crippen LogP contribution in [0.5, 0.6) is 0 Å². The van der Waals surface area contributed by atoms with Crippen LogP contribution in [-0.2, 0) is 4.79 Å². The number of thiophene rings is 2. The molecule has 4 rings (SSSR count). The fourth-order valence-corrected chi connectivity index (χ4v) is 4.95. The zero-order valence-corrected chi connectivity index (χ0v) is 15.5. The lowest BCUT2D eigenvalue weighted by molar-refractivity contribution is -0.119. The molecule has 0 unspecified atom stereocenters. The Labute approximate surface area is 152 Å². The van der Waals surface area contributed by atoms with Crippen LogP contribution in [0.3, 0.4) is 0 Å². The average molecular weight is 374 g/mol. The molecule has 3 aromatic rings. The Balaban J connectivity index is 1.96. The molecule has 25 heavy (non-hydrogen) atoms. The Morgan fingerprint density at radius 3 is 2.88 bits per heavy atom. The number of hydrogen-bond donors (Lipinski definition) is 2. The first-order chi connectivity index (χ1) is 12.0. The van der Waals surface area contributed by atoms with Crippen molar-refractivity contribution in [3.05, 3.63) is 28.0 Å². The second-order valence-corrected chi connectivity index (χ2v) is 8.42. The van der Waals surface area contributed by atoms with Crippen LogP contribution in [0.1, 0.15) is 16.9 Å². The first kappa shape index (κ1) is 16.4. The standard InChI is InChI=1S/C17H18N4O2S2/c1-8-9(2)25-17-13(8)16(19-15(20-17)12-4-3-5-24-12)21-7-10(22)6-11(21)14(18)23/h3-5,10-11,22H,6-7H2,1-2H3,(H2,18,23)/t10-,11+/m0/s1. The molecular weight excluding hydrogens is 356 g/mol. The van der Waals surface area contributed by atoms with Crippen molar-refractivity contribution in [3.8, 4) is 10.7 Å². The molecule has 0 bridgehead atoms. The van der Waals surface area contributed by atoms with Gasteiger partial charge in [0.25, 0.3) is 0 Å². The summed E-state index contributed by atoms with van der Waals surface area (Å²) < 4.78 is 0. The van der Waals surface area contributed by atoms with Crippen LogP contribution in [0, 0.1) is 13.8 Å². The van der Waals surface area contributed by atoms with Crippen molar-refractivity contribution in [1.82, 2.24) is 9.97 Å². The van der Waals surface area contributed by atoms with Gasteiger partial charge in [0.15, 0.2) is 5.82 Å². The van der Waals surface area contributed by atoms with Gasteiger partial charge in [-0.15, -0.1) is 22.7 Å². The normalized spacial score (nSPS) is 20.5. The highest BCUT2D eigenvalue weighted by atomic mass is 32.1. The average Bonchev–Trinajstić information content (AvgIpc) is 3.27. The number of primary amides is 1. The van der Waals surface area contributed by atoms with E-state index in [0.717, 1.165) is 20.7 Å². The summed E-state index contributed by atoms with van der Waals surface area (Å²) in [6, 6.07) is 3.39. The topological polar surface area (TPSA) is 92.3 Å². The molecule has 0 aliphatic carbocycles.